The number of likely N-dealkylation sites (tertiary alicyclic amines) is 1. The Bertz CT molecular complexity index is 467. The third-order valence-electron chi connectivity index (χ3n) is 3.52. The van der Waals surface area contributed by atoms with E-state index >= 15 is 0 Å². The molecular weight excluding hydrogens is 311 g/mol. The number of amides is 1. The molecule has 0 saturated carbocycles. The summed E-state index contributed by atoms with van der Waals surface area (Å²) in [5.41, 5.74) is 0.838. The van der Waals surface area contributed by atoms with E-state index in [0.717, 1.165) is 31.5 Å². The highest BCUT2D eigenvalue weighted by Crippen LogP contribution is 2.18. The number of benzene rings is 1. The van der Waals surface area contributed by atoms with E-state index < -0.39 is 0 Å². The highest BCUT2D eigenvalue weighted by molar-refractivity contribution is 9.10. The van der Waals surface area contributed by atoms with Gasteiger partial charge in [0.25, 0.3) is 0 Å². The number of likely N-dealkylation sites (N-methyl/N-ethyl adjacent to an activating group) is 1. The average Bonchev–Trinajstić information content (AvgIpc) is 2.43. The molecule has 1 N–H and O–H groups in total. The number of hydrogen-bond donors (Lipinski definition) is 1. The van der Waals surface area contributed by atoms with Crippen LogP contribution in [-0.4, -0.2) is 37.0 Å². The number of halogens is 2. The van der Waals surface area contributed by atoms with E-state index in [9.17, 15) is 9.18 Å². The quantitative estimate of drug-likeness (QED) is 0.923. The Morgan fingerprint density at radius 3 is 3.05 bits per heavy atom. The minimum Gasteiger partial charge on any atom is -0.341 e. The number of nitrogens with zero attached hydrogens (tertiary/aromatic N) is 1. The molecule has 1 aromatic carbocycles. The van der Waals surface area contributed by atoms with E-state index in [1.54, 1.807) is 12.1 Å². The van der Waals surface area contributed by atoms with Crippen LogP contribution in [0.15, 0.2) is 22.7 Å². The smallest absolute Gasteiger partial charge is 0.227 e. The van der Waals surface area contributed by atoms with Gasteiger partial charge in [-0.15, -0.1) is 0 Å². The van der Waals surface area contributed by atoms with E-state index in [-0.39, 0.29) is 11.7 Å². The predicted octanol–water partition coefficient (Wildman–Crippen LogP) is 2.34. The first-order valence-corrected chi connectivity index (χ1v) is 7.28. The molecule has 2 rings (SSSR count). The summed E-state index contributed by atoms with van der Waals surface area (Å²) in [6, 6.07) is 5.11. The molecule has 0 unspecified atom stereocenters. The second kappa shape index (κ2) is 6.48. The molecule has 1 atom stereocenters. The molecular formula is C14H18BrFN2O. The number of carbonyl (C=O) groups is 1. The highest BCUT2D eigenvalue weighted by Gasteiger charge is 2.22. The maximum absolute atomic E-state index is 13.1. The van der Waals surface area contributed by atoms with Crippen LogP contribution in [0.25, 0.3) is 0 Å². The second-order valence-electron chi connectivity index (χ2n) is 4.89. The lowest BCUT2D eigenvalue weighted by Crippen LogP contribution is -2.47. The van der Waals surface area contributed by atoms with Gasteiger partial charge in [0.05, 0.1) is 10.9 Å². The zero-order valence-corrected chi connectivity index (χ0v) is 12.5. The molecule has 0 aromatic heterocycles. The standard InChI is InChI=1S/C14H18BrFN2O/c1-17-11-3-2-6-18(9-11)14(19)8-10-4-5-13(16)12(15)7-10/h4-5,7,11,17H,2-3,6,8-9H2,1H3/t11-/m0/s1. The zero-order chi connectivity index (χ0) is 13.8. The topological polar surface area (TPSA) is 32.3 Å². The van der Waals surface area contributed by atoms with Crippen LogP contribution < -0.4 is 5.32 Å². The maximum atomic E-state index is 13.1. The summed E-state index contributed by atoms with van der Waals surface area (Å²) in [5, 5.41) is 3.22. The van der Waals surface area contributed by atoms with Gasteiger partial charge in [-0.1, -0.05) is 6.07 Å². The number of carbonyl (C=O) groups excluding carboxylic acids is 1. The third kappa shape index (κ3) is 3.76. The summed E-state index contributed by atoms with van der Waals surface area (Å²) < 4.78 is 13.5. The molecule has 1 aliphatic heterocycles. The highest BCUT2D eigenvalue weighted by atomic mass is 79.9. The van der Waals surface area contributed by atoms with Gasteiger partial charge >= 0.3 is 0 Å². The first-order valence-electron chi connectivity index (χ1n) is 6.49. The summed E-state index contributed by atoms with van der Waals surface area (Å²) in [6.45, 7) is 1.58. The maximum Gasteiger partial charge on any atom is 0.227 e. The molecule has 1 saturated heterocycles. The second-order valence-corrected chi connectivity index (χ2v) is 5.75. The van der Waals surface area contributed by atoms with Gasteiger partial charge in [-0.05, 0) is 53.5 Å². The Labute approximate surface area is 121 Å². The monoisotopic (exact) mass is 328 g/mol. The first kappa shape index (κ1) is 14.5. The van der Waals surface area contributed by atoms with Crippen LogP contribution in [0.3, 0.4) is 0 Å². The van der Waals surface area contributed by atoms with Crippen molar-refractivity contribution >= 4 is 21.8 Å². The van der Waals surface area contributed by atoms with E-state index in [1.165, 1.54) is 6.07 Å². The SMILES string of the molecule is CN[C@H]1CCCN(C(=O)Cc2ccc(F)c(Br)c2)C1. The van der Waals surface area contributed by atoms with Gasteiger partial charge in [-0.3, -0.25) is 4.79 Å². The van der Waals surface area contributed by atoms with Gasteiger partial charge in [0, 0.05) is 19.1 Å². The molecule has 0 bridgehead atoms. The summed E-state index contributed by atoms with van der Waals surface area (Å²) in [6.07, 6.45) is 2.47. The molecule has 1 heterocycles. The normalized spacial score (nSPS) is 19.5. The van der Waals surface area contributed by atoms with Crippen LogP contribution in [0.1, 0.15) is 18.4 Å². The van der Waals surface area contributed by atoms with Gasteiger partial charge in [-0.2, -0.15) is 0 Å². The fourth-order valence-corrected chi connectivity index (χ4v) is 2.80. The third-order valence-corrected chi connectivity index (χ3v) is 4.13. The number of nitrogens with one attached hydrogen (secondary N) is 1. The van der Waals surface area contributed by atoms with E-state index in [2.05, 4.69) is 21.2 Å². The molecule has 1 amide bonds. The van der Waals surface area contributed by atoms with E-state index in [1.807, 2.05) is 11.9 Å². The minimum atomic E-state index is -0.301. The fraction of sp³-hybridized carbons (Fsp3) is 0.500. The van der Waals surface area contributed by atoms with Gasteiger partial charge in [0.15, 0.2) is 0 Å². The molecule has 0 spiro atoms. The lowest BCUT2D eigenvalue weighted by atomic mass is 10.0. The van der Waals surface area contributed by atoms with Crippen molar-refractivity contribution in [3.63, 3.8) is 0 Å². The fourth-order valence-electron chi connectivity index (χ4n) is 2.38. The van der Waals surface area contributed by atoms with Gasteiger partial charge in [0.1, 0.15) is 5.82 Å². The Kier molecular flexibility index (Phi) is 4.93. The average molecular weight is 329 g/mol. The lowest BCUT2D eigenvalue weighted by Gasteiger charge is -2.32. The van der Waals surface area contributed by atoms with Gasteiger partial charge < -0.3 is 10.2 Å². The summed E-state index contributed by atoms with van der Waals surface area (Å²) in [4.78, 5) is 14.1. The summed E-state index contributed by atoms with van der Waals surface area (Å²) in [5.74, 6) is -0.192. The summed E-state index contributed by atoms with van der Waals surface area (Å²) in [7, 11) is 1.93. The molecule has 1 aliphatic rings. The van der Waals surface area contributed by atoms with Crippen molar-refractivity contribution in [2.75, 3.05) is 20.1 Å². The summed E-state index contributed by atoms with van der Waals surface area (Å²) >= 11 is 3.14. The molecule has 1 aromatic rings. The van der Waals surface area contributed by atoms with E-state index in [4.69, 9.17) is 0 Å². The molecule has 19 heavy (non-hydrogen) atoms. The van der Waals surface area contributed by atoms with Crippen molar-refractivity contribution in [3.05, 3.63) is 34.1 Å². The molecule has 104 valence electrons. The van der Waals surface area contributed by atoms with Crippen molar-refractivity contribution in [3.8, 4) is 0 Å². The predicted molar refractivity (Wildman–Crippen MR) is 76.5 cm³/mol. The molecule has 0 aliphatic carbocycles. The van der Waals surface area contributed by atoms with E-state index in [0.29, 0.717) is 16.9 Å². The first-order chi connectivity index (χ1) is 9.10. The van der Waals surface area contributed by atoms with Gasteiger partial charge in [-0.25, -0.2) is 4.39 Å². The van der Waals surface area contributed by atoms with Gasteiger partial charge in [0.2, 0.25) is 5.91 Å². The van der Waals surface area contributed by atoms with Crippen molar-refractivity contribution in [1.82, 2.24) is 10.2 Å². The molecule has 5 heteroatoms. The zero-order valence-electron chi connectivity index (χ0n) is 11.0. The number of hydrogen-bond acceptors (Lipinski definition) is 2. The van der Waals surface area contributed by atoms with Crippen LogP contribution in [0, 0.1) is 5.82 Å². The molecule has 1 fully saturated rings. The molecule has 3 nitrogen and oxygen atoms in total. The Balaban J connectivity index is 1.98. The van der Waals surface area contributed by atoms with Crippen LogP contribution in [0.4, 0.5) is 4.39 Å². The number of rotatable bonds is 3. The number of piperidine rings is 1. The van der Waals surface area contributed by atoms with Crippen LogP contribution in [-0.2, 0) is 11.2 Å². The minimum absolute atomic E-state index is 0.110. The van der Waals surface area contributed by atoms with Crippen LogP contribution in [0.2, 0.25) is 0 Å². The van der Waals surface area contributed by atoms with Crippen molar-refractivity contribution < 1.29 is 9.18 Å². The Morgan fingerprint density at radius 1 is 1.58 bits per heavy atom. The van der Waals surface area contributed by atoms with Crippen molar-refractivity contribution in [1.29, 1.82) is 0 Å². The molecule has 0 radical (unpaired) electrons. The largest absolute Gasteiger partial charge is 0.341 e. The van der Waals surface area contributed by atoms with Crippen molar-refractivity contribution in [2.45, 2.75) is 25.3 Å². The van der Waals surface area contributed by atoms with Crippen molar-refractivity contribution in [2.24, 2.45) is 0 Å². The van der Waals surface area contributed by atoms with Crippen LogP contribution in [0.5, 0.6) is 0 Å². The lowest BCUT2D eigenvalue weighted by molar-refractivity contribution is -0.131. The Morgan fingerprint density at radius 2 is 2.37 bits per heavy atom. The Hall–Kier alpha value is -0.940. The van der Waals surface area contributed by atoms with Crippen LogP contribution >= 0.6 is 15.9 Å².